The van der Waals surface area contributed by atoms with Crippen LogP contribution < -0.4 is 10.1 Å². The van der Waals surface area contributed by atoms with Crippen LogP contribution in [-0.4, -0.2) is 55.2 Å². The number of ether oxygens (including phenoxy) is 1. The summed E-state index contributed by atoms with van der Waals surface area (Å²) in [5.74, 6) is -0.0645. The summed E-state index contributed by atoms with van der Waals surface area (Å²) in [6.45, 7) is 3.01. The Hall–Kier alpha value is -2.60. The molecular weight excluding hydrogens is 357 g/mol. The van der Waals surface area contributed by atoms with E-state index < -0.39 is 5.82 Å². The van der Waals surface area contributed by atoms with Crippen molar-refractivity contribution in [1.82, 2.24) is 9.80 Å². The molecule has 6 heteroatoms. The minimum atomic E-state index is -0.493. The van der Waals surface area contributed by atoms with E-state index in [0.717, 1.165) is 25.9 Å². The molecule has 28 heavy (non-hydrogen) atoms. The number of hydrogen-bond donors (Lipinski definition) is 1. The Kier molecular flexibility index (Phi) is 5.48. The van der Waals surface area contributed by atoms with Gasteiger partial charge in [0.25, 0.3) is 0 Å². The number of hydrogen-bond acceptors (Lipinski definition) is 3. The van der Waals surface area contributed by atoms with E-state index in [1.165, 1.54) is 36.8 Å². The predicted octanol–water partition coefficient (Wildman–Crippen LogP) is 3.54. The van der Waals surface area contributed by atoms with Gasteiger partial charge in [0.1, 0.15) is 11.6 Å². The summed E-state index contributed by atoms with van der Waals surface area (Å²) in [6, 6.07) is 13.4. The van der Waals surface area contributed by atoms with Gasteiger partial charge >= 0.3 is 6.03 Å². The highest BCUT2D eigenvalue weighted by atomic mass is 19.1. The van der Waals surface area contributed by atoms with Crippen LogP contribution in [0.5, 0.6) is 5.75 Å². The normalized spacial score (nSPS) is 19.8. The van der Waals surface area contributed by atoms with Gasteiger partial charge in [-0.2, -0.15) is 0 Å². The average Bonchev–Trinajstić information content (AvgIpc) is 2.75. The third-order valence-electron chi connectivity index (χ3n) is 5.86. The third-order valence-corrected chi connectivity index (χ3v) is 5.86. The molecule has 5 nitrogen and oxygen atoms in total. The first-order chi connectivity index (χ1) is 13.6. The smallest absolute Gasteiger partial charge is 0.322 e. The van der Waals surface area contributed by atoms with Crippen LogP contribution in [0.1, 0.15) is 17.5 Å². The Bertz CT molecular complexity index is 849. The number of urea groups is 1. The van der Waals surface area contributed by atoms with Crippen LogP contribution in [0.3, 0.4) is 0 Å². The fourth-order valence-corrected chi connectivity index (χ4v) is 4.20. The van der Waals surface area contributed by atoms with Gasteiger partial charge in [-0.15, -0.1) is 0 Å². The number of nitrogens with zero attached hydrogens (tertiary/aromatic N) is 2. The largest absolute Gasteiger partial charge is 0.497 e. The third kappa shape index (κ3) is 3.97. The lowest BCUT2D eigenvalue weighted by Gasteiger charge is -2.41. The highest BCUT2D eigenvalue weighted by molar-refractivity contribution is 5.89. The first kappa shape index (κ1) is 18.7. The van der Waals surface area contributed by atoms with Gasteiger partial charge in [0, 0.05) is 38.3 Å². The lowest BCUT2D eigenvalue weighted by Crippen LogP contribution is -2.54. The van der Waals surface area contributed by atoms with Crippen molar-refractivity contribution in [2.75, 3.05) is 38.6 Å². The Morgan fingerprint density at radius 1 is 1.11 bits per heavy atom. The molecule has 1 aliphatic carbocycles. The van der Waals surface area contributed by atoms with Crippen molar-refractivity contribution in [3.05, 3.63) is 59.4 Å². The molecule has 0 saturated carbocycles. The quantitative estimate of drug-likeness (QED) is 0.882. The highest BCUT2D eigenvalue weighted by Crippen LogP contribution is 2.25. The van der Waals surface area contributed by atoms with Gasteiger partial charge in [-0.3, -0.25) is 4.90 Å². The van der Waals surface area contributed by atoms with Crippen LogP contribution in [0.15, 0.2) is 42.5 Å². The van der Waals surface area contributed by atoms with E-state index in [0.29, 0.717) is 24.9 Å². The number of methoxy groups -OCH3 is 1. The minimum Gasteiger partial charge on any atom is -0.497 e. The summed E-state index contributed by atoms with van der Waals surface area (Å²) in [6.07, 6.45) is 3.37. The molecule has 1 unspecified atom stereocenters. The second kappa shape index (κ2) is 8.19. The topological polar surface area (TPSA) is 44.8 Å². The number of nitrogens with one attached hydrogen (secondary N) is 1. The first-order valence-corrected chi connectivity index (χ1v) is 9.84. The van der Waals surface area contributed by atoms with Crippen LogP contribution in [0.4, 0.5) is 14.9 Å². The number of anilines is 1. The maximum atomic E-state index is 14.1. The summed E-state index contributed by atoms with van der Waals surface area (Å²) >= 11 is 0. The Balaban J connectivity index is 1.31. The molecule has 0 bridgehead atoms. The summed E-state index contributed by atoms with van der Waals surface area (Å²) in [4.78, 5) is 16.8. The van der Waals surface area contributed by atoms with Crippen molar-refractivity contribution < 1.29 is 13.9 Å². The number of amides is 2. The summed E-state index contributed by atoms with van der Waals surface area (Å²) < 4.78 is 19.1. The number of aryl methyl sites for hydroxylation is 1. The van der Waals surface area contributed by atoms with E-state index in [1.54, 1.807) is 11.0 Å². The summed E-state index contributed by atoms with van der Waals surface area (Å²) in [5.41, 5.74) is 3.10. The molecule has 1 heterocycles. The van der Waals surface area contributed by atoms with E-state index in [1.807, 2.05) is 0 Å². The van der Waals surface area contributed by atoms with Gasteiger partial charge in [0.2, 0.25) is 0 Å². The molecule has 0 spiro atoms. The van der Waals surface area contributed by atoms with Gasteiger partial charge in [0.15, 0.2) is 0 Å². The number of fused-ring (bicyclic) bond motifs is 1. The summed E-state index contributed by atoms with van der Waals surface area (Å²) in [5, 5.41) is 2.68. The molecule has 0 aromatic heterocycles. The average molecular weight is 383 g/mol. The Morgan fingerprint density at radius 3 is 2.57 bits per heavy atom. The van der Waals surface area contributed by atoms with E-state index in [-0.39, 0.29) is 11.7 Å². The molecule has 1 N–H and O–H groups in total. The number of benzene rings is 2. The van der Waals surface area contributed by atoms with Crippen LogP contribution in [0, 0.1) is 5.82 Å². The molecule has 1 atom stereocenters. The maximum absolute atomic E-state index is 14.1. The lowest BCUT2D eigenvalue weighted by atomic mass is 9.87. The molecule has 1 fully saturated rings. The fourth-order valence-electron chi connectivity index (χ4n) is 4.20. The standard InChI is InChI=1S/C22H26FN3O2/c1-28-19-8-9-21(20(23)15-19)24-22(27)26-12-10-25(11-13-26)18-7-6-16-4-2-3-5-17(16)14-18/h2-5,8-9,15,18H,6-7,10-14H2,1H3,(H,24,27). The second-order valence-corrected chi connectivity index (χ2v) is 7.46. The van der Waals surface area contributed by atoms with Gasteiger partial charge in [-0.25, -0.2) is 9.18 Å². The SMILES string of the molecule is COc1ccc(NC(=O)N2CCN(C3CCc4ccccc4C3)CC2)c(F)c1. The van der Waals surface area contributed by atoms with Crippen molar-refractivity contribution in [2.45, 2.75) is 25.3 Å². The number of carbonyl (C=O) groups is 1. The van der Waals surface area contributed by atoms with Gasteiger partial charge in [-0.05, 0) is 42.5 Å². The zero-order chi connectivity index (χ0) is 19.5. The van der Waals surface area contributed by atoms with E-state index in [9.17, 15) is 9.18 Å². The highest BCUT2D eigenvalue weighted by Gasteiger charge is 2.28. The fraction of sp³-hybridized carbons (Fsp3) is 0.409. The molecule has 2 amide bonds. The number of piperazine rings is 1. The predicted molar refractivity (Wildman–Crippen MR) is 107 cm³/mol. The number of carbonyl (C=O) groups excluding carboxylic acids is 1. The molecule has 4 rings (SSSR count). The lowest BCUT2D eigenvalue weighted by molar-refractivity contribution is 0.106. The molecule has 2 aromatic carbocycles. The molecule has 148 valence electrons. The van der Waals surface area contributed by atoms with Crippen LogP contribution in [0.25, 0.3) is 0 Å². The number of halogens is 1. The van der Waals surface area contributed by atoms with Crippen molar-refractivity contribution in [1.29, 1.82) is 0 Å². The van der Waals surface area contributed by atoms with Crippen molar-refractivity contribution in [3.8, 4) is 5.75 Å². The molecule has 2 aliphatic rings. The Morgan fingerprint density at radius 2 is 1.86 bits per heavy atom. The van der Waals surface area contributed by atoms with Crippen LogP contribution in [-0.2, 0) is 12.8 Å². The maximum Gasteiger partial charge on any atom is 0.322 e. The van der Waals surface area contributed by atoms with E-state index in [4.69, 9.17) is 4.74 Å². The van der Waals surface area contributed by atoms with E-state index >= 15 is 0 Å². The minimum absolute atomic E-state index is 0.178. The Labute approximate surface area is 165 Å². The molecular formula is C22H26FN3O2. The molecule has 0 radical (unpaired) electrons. The first-order valence-electron chi connectivity index (χ1n) is 9.84. The van der Waals surface area contributed by atoms with Crippen molar-refractivity contribution in [3.63, 3.8) is 0 Å². The zero-order valence-electron chi connectivity index (χ0n) is 16.2. The molecule has 2 aromatic rings. The summed E-state index contributed by atoms with van der Waals surface area (Å²) in [7, 11) is 1.48. The van der Waals surface area contributed by atoms with Crippen molar-refractivity contribution in [2.24, 2.45) is 0 Å². The van der Waals surface area contributed by atoms with E-state index in [2.05, 4.69) is 34.5 Å². The van der Waals surface area contributed by atoms with Crippen molar-refractivity contribution >= 4 is 11.7 Å². The zero-order valence-corrected chi connectivity index (χ0v) is 16.2. The van der Waals surface area contributed by atoms with Crippen LogP contribution >= 0.6 is 0 Å². The van der Waals surface area contributed by atoms with Crippen LogP contribution in [0.2, 0.25) is 0 Å². The van der Waals surface area contributed by atoms with Gasteiger partial charge in [-0.1, -0.05) is 24.3 Å². The van der Waals surface area contributed by atoms with Gasteiger partial charge < -0.3 is 15.0 Å². The number of rotatable bonds is 3. The van der Waals surface area contributed by atoms with Gasteiger partial charge in [0.05, 0.1) is 12.8 Å². The monoisotopic (exact) mass is 383 g/mol. The second-order valence-electron chi connectivity index (χ2n) is 7.46. The molecule has 1 saturated heterocycles. The molecule has 1 aliphatic heterocycles.